The number of hydrogen-bond donors (Lipinski definition) is 1. The molecule has 0 aliphatic carbocycles. The predicted molar refractivity (Wildman–Crippen MR) is 111 cm³/mol. The Morgan fingerprint density at radius 2 is 1.66 bits per heavy atom. The monoisotopic (exact) mass is 432 g/mol. The molecule has 2 aromatic rings. The van der Waals surface area contributed by atoms with E-state index in [0.717, 1.165) is 0 Å². The van der Waals surface area contributed by atoms with Crippen LogP contribution in [0, 0.1) is 11.3 Å². The normalized spacial score (nSPS) is 15.6. The van der Waals surface area contributed by atoms with Crippen molar-refractivity contribution in [2.24, 2.45) is 0 Å². The second-order valence-corrected chi connectivity index (χ2v) is 9.06. The summed E-state index contributed by atoms with van der Waals surface area (Å²) in [6.07, 6.45) is 0.324. The number of benzene rings is 2. The molecule has 152 valence electrons. The summed E-state index contributed by atoms with van der Waals surface area (Å²) in [5, 5.41) is 12.3. The van der Waals surface area contributed by atoms with Gasteiger partial charge >= 0.3 is 0 Å². The summed E-state index contributed by atoms with van der Waals surface area (Å²) in [5.74, 6) is -0.0973. The molecule has 3 rings (SSSR count). The molecule has 1 saturated heterocycles. The largest absolute Gasteiger partial charge is 0.326 e. The standard InChI is InChI=1S/C20H21ClN4O3S/c21-17-3-5-18(6-4-17)23-20(26)9-10-24-11-13-25(14-12-24)29(27,28)19-7-1-16(15-22)2-8-19/h1-8H,9-14H2,(H,23,26). The molecule has 0 bridgehead atoms. The van der Waals surface area contributed by atoms with Crippen LogP contribution >= 0.6 is 11.6 Å². The van der Waals surface area contributed by atoms with Gasteiger partial charge in [-0.3, -0.25) is 4.79 Å². The smallest absolute Gasteiger partial charge is 0.243 e. The van der Waals surface area contributed by atoms with Gasteiger partial charge in [0.15, 0.2) is 0 Å². The van der Waals surface area contributed by atoms with E-state index in [0.29, 0.717) is 55.4 Å². The first kappa shape index (κ1) is 21.3. The molecule has 7 nitrogen and oxygen atoms in total. The van der Waals surface area contributed by atoms with Gasteiger partial charge in [-0.15, -0.1) is 0 Å². The van der Waals surface area contributed by atoms with Crippen molar-refractivity contribution >= 4 is 33.2 Å². The van der Waals surface area contributed by atoms with Gasteiger partial charge in [0.2, 0.25) is 15.9 Å². The Bertz CT molecular complexity index is 994. The summed E-state index contributed by atoms with van der Waals surface area (Å²) in [4.78, 5) is 14.4. The molecular formula is C20H21ClN4O3S. The number of nitriles is 1. The zero-order chi connectivity index (χ0) is 20.9. The Morgan fingerprint density at radius 3 is 2.24 bits per heavy atom. The third kappa shape index (κ3) is 5.55. The third-order valence-electron chi connectivity index (χ3n) is 4.74. The highest BCUT2D eigenvalue weighted by molar-refractivity contribution is 7.89. The second kappa shape index (κ2) is 9.37. The molecule has 29 heavy (non-hydrogen) atoms. The zero-order valence-electron chi connectivity index (χ0n) is 15.7. The number of nitrogens with one attached hydrogen (secondary N) is 1. The van der Waals surface area contributed by atoms with Gasteiger partial charge in [-0.05, 0) is 48.5 Å². The first-order chi connectivity index (χ1) is 13.9. The molecule has 0 atom stereocenters. The van der Waals surface area contributed by atoms with E-state index in [1.54, 1.807) is 24.3 Å². The number of piperazine rings is 1. The highest BCUT2D eigenvalue weighted by atomic mass is 35.5. The lowest BCUT2D eigenvalue weighted by Crippen LogP contribution is -2.49. The Labute approximate surface area is 175 Å². The van der Waals surface area contributed by atoms with Crippen molar-refractivity contribution in [2.45, 2.75) is 11.3 Å². The van der Waals surface area contributed by atoms with Crippen molar-refractivity contribution in [1.29, 1.82) is 5.26 Å². The van der Waals surface area contributed by atoms with Crippen LogP contribution in [0.15, 0.2) is 53.4 Å². The lowest BCUT2D eigenvalue weighted by molar-refractivity contribution is -0.116. The molecule has 1 heterocycles. The lowest BCUT2D eigenvalue weighted by atomic mass is 10.2. The van der Waals surface area contributed by atoms with Crippen LogP contribution < -0.4 is 5.32 Å². The van der Waals surface area contributed by atoms with E-state index in [1.165, 1.54) is 28.6 Å². The first-order valence-electron chi connectivity index (χ1n) is 9.16. The molecule has 1 fully saturated rings. The molecule has 1 aliphatic heterocycles. The summed E-state index contributed by atoms with van der Waals surface area (Å²) < 4.78 is 26.9. The Morgan fingerprint density at radius 1 is 1.03 bits per heavy atom. The number of carbonyl (C=O) groups excluding carboxylic acids is 1. The predicted octanol–water partition coefficient (Wildman–Crippen LogP) is 2.55. The summed E-state index contributed by atoms with van der Waals surface area (Å²) in [5.41, 5.74) is 1.11. The van der Waals surface area contributed by atoms with Crippen LogP contribution in [0.5, 0.6) is 0 Å². The average molecular weight is 433 g/mol. The van der Waals surface area contributed by atoms with Crippen LogP contribution in [-0.4, -0.2) is 56.3 Å². The van der Waals surface area contributed by atoms with E-state index in [9.17, 15) is 13.2 Å². The maximum atomic E-state index is 12.7. The molecule has 1 amide bonds. The van der Waals surface area contributed by atoms with Crippen LogP contribution in [0.4, 0.5) is 5.69 Å². The van der Waals surface area contributed by atoms with Crippen molar-refractivity contribution in [3.05, 3.63) is 59.1 Å². The van der Waals surface area contributed by atoms with E-state index < -0.39 is 10.0 Å². The van der Waals surface area contributed by atoms with Gasteiger partial charge in [0, 0.05) is 49.9 Å². The fraction of sp³-hybridized carbons (Fsp3) is 0.300. The van der Waals surface area contributed by atoms with Crippen LogP contribution in [0.2, 0.25) is 5.02 Å². The molecular weight excluding hydrogens is 412 g/mol. The van der Waals surface area contributed by atoms with E-state index in [1.807, 2.05) is 6.07 Å². The molecule has 0 aromatic heterocycles. The number of sulfonamides is 1. The maximum absolute atomic E-state index is 12.7. The van der Waals surface area contributed by atoms with Crippen molar-refractivity contribution in [1.82, 2.24) is 9.21 Å². The highest BCUT2D eigenvalue weighted by Crippen LogP contribution is 2.18. The van der Waals surface area contributed by atoms with Crippen molar-refractivity contribution in [3.63, 3.8) is 0 Å². The fourth-order valence-corrected chi connectivity index (χ4v) is 4.61. The Kier molecular flexibility index (Phi) is 6.87. The molecule has 9 heteroatoms. The molecule has 2 aromatic carbocycles. The topological polar surface area (TPSA) is 93.5 Å². The number of anilines is 1. The van der Waals surface area contributed by atoms with E-state index in [4.69, 9.17) is 16.9 Å². The van der Waals surface area contributed by atoms with Crippen LogP contribution in [-0.2, 0) is 14.8 Å². The van der Waals surface area contributed by atoms with Crippen LogP contribution in [0.1, 0.15) is 12.0 Å². The van der Waals surface area contributed by atoms with E-state index in [2.05, 4.69) is 10.2 Å². The SMILES string of the molecule is N#Cc1ccc(S(=O)(=O)N2CCN(CCC(=O)Nc3ccc(Cl)cc3)CC2)cc1. The highest BCUT2D eigenvalue weighted by Gasteiger charge is 2.28. The summed E-state index contributed by atoms with van der Waals surface area (Å²) in [7, 11) is -3.58. The van der Waals surface area contributed by atoms with Crippen molar-refractivity contribution < 1.29 is 13.2 Å². The van der Waals surface area contributed by atoms with Crippen LogP contribution in [0.3, 0.4) is 0 Å². The van der Waals surface area contributed by atoms with E-state index >= 15 is 0 Å². The van der Waals surface area contributed by atoms with Crippen molar-refractivity contribution in [2.75, 3.05) is 38.0 Å². The quantitative estimate of drug-likeness (QED) is 0.757. The van der Waals surface area contributed by atoms with Gasteiger partial charge in [-0.2, -0.15) is 9.57 Å². The van der Waals surface area contributed by atoms with E-state index in [-0.39, 0.29) is 10.8 Å². The molecule has 1 aliphatic rings. The molecule has 0 saturated carbocycles. The number of hydrogen-bond acceptors (Lipinski definition) is 5. The van der Waals surface area contributed by atoms with Gasteiger partial charge in [0.05, 0.1) is 16.5 Å². The van der Waals surface area contributed by atoms with Crippen molar-refractivity contribution in [3.8, 4) is 6.07 Å². The number of amides is 1. The average Bonchev–Trinajstić information content (AvgIpc) is 2.74. The maximum Gasteiger partial charge on any atom is 0.243 e. The lowest BCUT2D eigenvalue weighted by Gasteiger charge is -2.33. The van der Waals surface area contributed by atoms with Gasteiger partial charge in [-0.25, -0.2) is 8.42 Å². The van der Waals surface area contributed by atoms with Crippen LogP contribution in [0.25, 0.3) is 0 Å². The summed E-state index contributed by atoms with van der Waals surface area (Å²) in [6.45, 7) is 2.40. The fourth-order valence-electron chi connectivity index (χ4n) is 3.06. The Balaban J connectivity index is 1.47. The third-order valence-corrected chi connectivity index (χ3v) is 6.90. The Hall–Kier alpha value is -2.44. The first-order valence-corrected chi connectivity index (χ1v) is 11.0. The van der Waals surface area contributed by atoms with Gasteiger partial charge in [0.25, 0.3) is 0 Å². The number of halogens is 1. The minimum Gasteiger partial charge on any atom is -0.326 e. The summed E-state index contributed by atoms with van der Waals surface area (Å²) in [6, 6.07) is 14.8. The van der Waals surface area contributed by atoms with Gasteiger partial charge in [0.1, 0.15) is 0 Å². The number of nitrogens with zero attached hydrogens (tertiary/aromatic N) is 3. The molecule has 1 N–H and O–H groups in total. The zero-order valence-corrected chi connectivity index (χ0v) is 17.3. The summed E-state index contributed by atoms with van der Waals surface area (Å²) >= 11 is 5.83. The number of carbonyl (C=O) groups is 1. The number of rotatable bonds is 6. The second-order valence-electron chi connectivity index (χ2n) is 6.69. The minimum absolute atomic E-state index is 0.0973. The molecule has 0 spiro atoms. The molecule has 0 radical (unpaired) electrons. The van der Waals surface area contributed by atoms with Gasteiger partial charge < -0.3 is 10.2 Å². The minimum atomic E-state index is -3.58. The molecule has 0 unspecified atom stereocenters. The van der Waals surface area contributed by atoms with Gasteiger partial charge in [-0.1, -0.05) is 11.6 Å².